The monoisotopic (exact) mass is 386 g/mol. The number of hydrogen-bond donors (Lipinski definition) is 4. The highest BCUT2D eigenvalue weighted by Crippen LogP contribution is 2.37. The number of nitroso groups, excluding NO2 is 1. The fourth-order valence-electron chi connectivity index (χ4n) is 1.87. The van der Waals surface area contributed by atoms with Crippen LogP contribution in [0.25, 0.3) is 0 Å². The lowest BCUT2D eigenvalue weighted by atomic mass is 10.1. The number of aromatic hydroxyl groups is 2. The number of phenolic OH excluding ortho intramolecular Hbond substituents is 2. The molecule has 24 heavy (non-hydrogen) atoms. The molecule has 1 aliphatic rings. The lowest BCUT2D eigenvalue weighted by molar-refractivity contribution is 0.405. The second-order valence-corrected chi connectivity index (χ2v) is 6.04. The normalized spacial score (nSPS) is 19.8. The molecule has 0 saturated carbocycles. The van der Waals surface area contributed by atoms with Gasteiger partial charge in [0, 0.05) is 10.6 Å². The summed E-state index contributed by atoms with van der Waals surface area (Å²) in [7, 11) is 0. The van der Waals surface area contributed by atoms with E-state index in [1.54, 1.807) is 18.2 Å². The van der Waals surface area contributed by atoms with Gasteiger partial charge < -0.3 is 15.5 Å². The molecule has 0 bridgehead atoms. The third kappa shape index (κ3) is 4.44. The van der Waals surface area contributed by atoms with E-state index >= 15 is 0 Å². The van der Waals surface area contributed by atoms with E-state index < -0.39 is 11.5 Å². The summed E-state index contributed by atoms with van der Waals surface area (Å²) in [5.41, 5.74) is 2.43. The molecule has 1 aromatic rings. The van der Waals surface area contributed by atoms with Crippen LogP contribution >= 0.6 is 35.4 Å². The van der Waals surface area contributed by atoms with Crippen molar-refractivity contribution in [1.29, 1.82) is 0 Å². The maximum absolute atomic E-state index is 10.7. The van der Waals surface area contributed by atoms with Crippen molar-refractivity contribution in [3.8, 4) is 11.5 Å². The van der Waals surface area contributed by atoms with Crippen LogP contribution in [-0.4, -0.2) is 33.0 Å². The van der Waals surface area contributed by atoms with E-state index in [1.807, 2.05) is 0 Å². The first-order valence-corrected chi connectivity index (χ1v) is 7.82. The first-order chi connectivity index (χ1) is 11.4. The lowest BCUT2D eigenvalue weighted by Crippen LogP contribution is -2.43. The average Bonchev–Trinajstić information content (AvgIpc) is 2.54. The molecule has 126 valence electrons. The Labute approximate surface area is 152 Å². The number of alkyl halides is 1. The van der Waals surface area contributed by atoms with Crippen LogP contribution in [-0.2, 0) is 0 Å². The summed E-state index contributed by atoms with van der Waals surface area (Å²) < 4.78 is 0. The fraction of sp³-hybridized carbons (Fsp3) is 0.143. The van der Waals surface area contributed by atoms with Gasteiger partial charge in [-0.15, -0.1) is 16.5 Å². The maximum atomic E-state index is 10.7. The molecule has 0 saturated heterocycles. The minimum atomic E-state index is -0.615. The molecule has 1 aliphatic carbocycles. The van der Waals surface area contributed by atoms with Gasteiger partial charge in [0.1, 0.15) is 0 Å². The quantitative estimate of drug-likeness (QED) is 0.158. The minimum Gasteiger partial charge on any atom is -0.504 e. The van der Waals surface area contributed by atoms with Gasteiger partial charge in [0.2, 0.25) is 0 Å². The Kier molecular flexibility index (Phi) is 6.13. The minimum absolute atomic E-state index is 0.196. The number of halogens is 2. The highest BCUT2D eigenvalue weighted by molar-refractivity contribution is 7.80. The van der Waals surface area contributed by atoms with Gasteiger partial charge in [0.05, 0.1) is 17.6 Å². The van der Waals surface area contributed by atoms with Gasteiger partial charge in [0.25, 0.3) is 0 Å². The number of phenols is 2. The second kappa shape index (κ2) is 8.09. The average molecular weight is 387 g/mol. The van der Waals surface area contributed by atoms with Crippen LogP contribution in [0.2, 0.25) is 0 Å². The van der Waals surface area contributed by atoms with E-state index in [0.717, 1.165) is 0 Å². The van der Waals surface area contributed by atoms with E-state index in [9.17, 15) is 15.1 Å². The molecule has 4 N–H and O–H groups in total. The van der Waals surface area contributed by atoms with E-state index in [4.69, 9.17) is 35.4 Å². The SMILES string of the molecule is O=Nc1c(/C=N/NC(=S)NC2C=CC(Cl)=CC2Cl)ccc(O)c1O. The molecule has 2 unspecified atom stereocenters. The van der Waals surface area contributed by atoms with Crippen molar-refractivity contribution in [2.75, 3.05) is 0 Å². The number of thiocarbonyl (C=S) groups is 1. The molecule has 0 radical (unpaired) electrons. The molecule has 0 fully saturated rings. The summed E-state index contributed by atoms with van der Waals surface area (Å²) in [5.74, 6) is -1.06. The number of hydrazone groups is 1. The Morgan fingerprint density at radius 2 is 2.12 bits per heavy atom. The number of allylic oxidation sites excluding steroid dienone is 2. The van der Waals surface area contributed by atoms with Crippen LogP contribution in [0.4, 0.5) is 5.69 Å². The number of benzene rings is 1. The summed E-state index contributed by atoms with van der Waals surface area (Å²) in [5, 5.41) is 28.7. The Hall–Kier alpha value is -2.16. The lowest BCUT2D eigenvalue weighted by Gasteiger charge is -2.22. The zero-order valence-corrected chi connectivity index (χ0v) is 14.3. The molecular weight excluding hydrogens is 375 g/mol. The molecule has 0 heterocycles. The van der Waals surface area contributed by atoms with Gasteiger partial charge in [-0.1, -0.05) is 17.7 Å². The summed E-state index contributed by atoms with van der Waals surface area (Å²) in [6.45, 7) is 0. The summed E-state index contributed by atoms with van der Waals surface area (Å²) in [6.07, 6.45) is 6.37. The maximum Gasteiger partial charge on any atom is 0.188 e. The van der Waals surface area contributed by atoms with E-state index in [2.05, 4.69) is 21.0 Å². The van der Waals surface area contributed by atoms with Crippen LogP contribution < -0.4 is 10.7 Å². The van der Waals surface area contributed by atoms with Gasteiger partial charge >= 0.3 is 0 Å². The van der Waals surface area contributed by atoms with E-state index in [-0.39, 0.29) is 27.8 Å². The van der Waals surface area contributed by atoms with Crippen LogP contribution in [0.5, 0.6) is 11.5 Å². The summed E-state index contributed by atoms with van der Waals surface area (Å²) in [4.78, 5) is 10.7. The third-order valence-corrected chi connectivity index (χ3v) is 3.90. The van der Waals surface area contributed by atoms with E-state index in [1.165, 1.54) is 18.3 Å². The number of nitrogens with one attached hydrogen (secondary N) is 2. The van der Waals surface area contributed by atoms with Crippen molar-refractivity contribution < 1.29 is 10.2 Å². The molecule has 0 aliphatic heterocycles. The van der Waals surface area contributed by atoms with Crippen molar-refractivity contribution in [2.45, 2.75) is 11.4 Å². The van der Waals surface area contributed by atoms with Crippen molar-refractivity contribution in [2.24, 2.45) is 10.3 Å². The Bertz CT molecular complexity index is 752. The zero-order chi connectivity index (χ0) is 17.7. The van der Waals surface area contributed by atoms with Gasteiger partial charge in [0.15, 0.2) is 22.3 Å². The molecule has 10 heteroatoms. The molecule has 1 aromatic carbocycles. The fourth-order valence-corrected chi connectivity index (χ4v) is 2.61. The van der Waals surface area contributed by atoms with Crippen molar-refractivity contribution in [3.05, 3.63) is 45.9 Å². The highest BCUT2D eigenvalue weighted by Gasteiger charge is 2.18. The third-order valence-electron chi connectivity index (χ3n) is 3.04. The molecule has 2 atom stereocenters. The standard InChI is InChI=1S/C14H12Cl2N4O3S/c15-8-2-3-10(9(16)5-8)18-14(24)19-17-6-7-1-4-11(21)13(22)12(7)20-23/h1-6,9-10,21-22H,(H2,18,19,24)/b17-6+. The molecule has 0 spiro atoms. The van der Waals surface area contributed by atoms with Gasteiger partial charge in [-0.25, -0.2) is 0 Å². The van der Waals surface area contributed by atoms with Crippen molar-refractivity contribution in [1.82, 2.24) is 10.7 Å². The predicted molar refractivity (Wildman–Crippen MR) is 98.2 cm³/mol. The smallest absolute Gasteiger partial charge is 0.188 e. The zero-order valence-electron chi connectivity index (χ0n) is 12.0. The van der Waals surface area contributed by atoms with E-state index in [0.29, 0.717) is 5.03 Å². The molecular formula is C14H12Cl2N4O3S. The van der Waals surface area contributed by atoms with Crippen molar-refractivity contribution >= 4 is 52.4 Å². The first-order valence-electron chi connectivity index (χ1n) is 6.60. The summed E-state index contributed by atoms with van der Waals surface area (Å²) in [6, 6.07) is 2.33. The first kappa shape index (κ1) is 18.2. The van der Waals surface area contributed by atoms with Crippen molar-refractivity contribution in [3.63, 3.8) is 0 Å². The molecule has 0 aromatic heterocycles. The molecule has 7 nitrogen and oxygen atoms in total. The largest absolute Gasteiger partial charge is 0.504 e. The highest BCUT2D eigenvalue weighted by atomic mass is 35.5. The Morgan fingerprint density at radius 1 is 1.38 bits per heavy atom. The molecule has 0 amide bonds. The van der Waals surface area contributed by atoms with Crippen LogP contribution in [0, 0.1) is 4.91 Å². The number of hydrogen-bond acceptors (Lipinski definition) is 6. The predicted octanol–water partition coefficient (Wildman–Crippen LogP) is 2.96. The van der Waals surface area contributed by atoms with Gasteiger partial charge in [-0.3, -0.25) is 5.43 Å². The van der Waals surface area contributed by atoms with Gasteiger partial charge in [-0.2, -0.15) is 5.10 Å². The van der Waals surface area contributed by atoms with Crippen LogP contribution in [0.3, 0.4) is 0 Å². The number of nitrogens with zero attached hydrogens (tertiary/aromatic N) is 2. The Balaban J connectivity index is 1.97. The topological polar surface area (TPSA) is 106 Å². The number of rotatable bonds is 4. The second-order valence-electron chi connectivity index (χ2n) is 4.69. The van der Waals surface area contributed by atoms with Crippen LogP contribution in [0.15, 0.2) is 45.7 Å². The van der Waals surface area contributed by atoms with Crippen LogP contribution in [0.1, 0.15) is 5.56 Å². The Morgan fingerprint density at radius 3 is 2.79 bits per heavy atom. The summed E-state index contributed by atoms with van der Waals surface area (Å²) >= 11 is 17.0. The van der Waals surface area contributed by atoms with Gasteiger partial charge in [-0.05, 0) is 41.7 Å². The molecule has 2 rings (SSSR count).